The van der Waals surface area contributed by atoms with Crippen LogP contribution in [-0.2, 0) is 4.79 Å². The van der Waals surface area contributed by atoms with Crippen molar-refractivity contribution in [3.05, 3.63) is 11.1 Å². The van der Waals surface area contributed by atoms with Gasteiger partial charge in [0.25, 0.3) is 0 Å². The Bertz CT molecular complexity index is 194. The highest BCUT2D eigenvalue weighted by Crippen LogP contribution is 2.13. The van der Waals surface area contributed by atoms with E-state index in [-0.39, 0.29) is 5.91 Å². The van der Waals surface area contributed by atoms with E-state index < -0.39 is 0 Å². The average molecular weight is 153 g/mol. The van der Waals surface area contributed by atoms with Gasteiger partial charge in [0.1, 0.15) is 0 Å². The highest BCUT2D eigenvalue weighted by molar-refractivity contribution is 5.93. The van der Waals surface area contributed by atoms with Crippen molar-refractivity contribution in [1.29, 1.82) is 0 Å². The number of carbonyl (C=O) groups is 1. The third-order valence-corrected chi connectivity index (χ3v) is 2.24. The molecule has 0 saturated carbocycles. The van der Waals surface area contributed by atoms with Gasteiger partial charge in [0.2, 0.25) is 5.91 Å². The lowest BCUT2D eigenvalue weighted by molar-refractivity contribution is -0.117. The molecule has 0 fully saturated rings. The predicted molar refractivity (Wildman–Crippen MR) is 45.2 cm³/mol. The van der Waals surface area contributed by atoms with E-state index in [1.54, 1.807) is 0 Å². The summed E-state index contributed by atoms with van der Waals surface area (Å²) in [5, 5.41) is 2.87. The van der Waals surface area contributed by atoms with Crippen LogP contribution in [0, 0.1) is 0 Å². The molecule has 0 aromatic heterocycles. The molecule has 2 heteroatoms. The van der Waals surface area contributed by atoms with E-state index in [2.05, 4.69) is 5.32 Å². The van der Waals surface area contributed by atoms with Gasteiger partial charge in [-0.2, -0.15) is 0 Å². The first-order valence-electron chi connectivity index (χ1n) is 4.16. The van der Waals surface area contributed by atoms with Crippen LogP contribution in [0.4, 0.5) is 0 Å². The number of amides is 1. The fourth-order valence-corrected chi connectivity index (χ4v) is 1.23. The molecule has 1 N–H and O–H groups in total. The minimum absolute atomic E-state index is 0.113. The van der Waals surface area contributed by atoms with Crippen LogP contribution in [0.3, 0.4) is 0 Å². The third-order valence-electron chi connectivity index (χ3n) is 2.24. The molecule has 11 heavy (non-hydrogen) atoms. The molecule has 62 valence electrons. The van der Waals surface area contributed by atoms with Crippen LogP contribution >= 0.6 is 0 Å². The van der Waals surface area contributed by atoms with Crippen LogP contribution in [0.15, 0.2) is 11.1 Å². The van der Waals surface area contributed by atoms with Gasteiger partial charge in [-0.3, -0.25) is 4.79 Å². The third kappa shape index (κ3) is 2.07. The van der Waals surface area contributed by atoms with Gasteiger partial charge in [0.15, 0.2) is 0 Å². The van der Waals surface area contributed by atoms with E-state index in [9.17, 15) is 4.79 Å². The van der Waals surface area contributed by atoms with Gasteiger partial charge in [-0.25, -0.2) is 0 Å². The predicted octanol–water partition coefficient (Wildman–Crippen LogP) is 1.62. The van der Waals surface area contributed by atoms with Gasteiger partial charge in [-0.1, -0.05) is 5.57 Å². The van der Waals surface area contributed by atoms with E-state index in [1.807, 2.05) is 13.8 Å². The summed E-state index contributed by atoms with van der Waals surface area (Å²) in [5.74, 6) is 0.113. The van der Waals surface area contributed by atoms with Crippen LogP contribution < -0.4 is 5.32 Å². The molecule has 0 saturated heterocycles. The first-order valence-corrected chi connectivity index (χ1v) is 4.16. The van der Waals surface area contributed by atoms with Crippen molar-refractivity contribution in [2.24, 2.45) is 0 Å². The van der Waals surface area contributed by atoms with Crippen LogP contribution in [0.2, 0.25) is 0 Å². The van der Waals surface area contributed by atoms with Crippen molar-refractivity contribution in [2.75, 3.05) is 6.54 Å². The van der Waals surface area contributed by atoms with E-state index in [0.29, 0.717) is 0 Å². The summed E-state index contributed by atoms with van der Waals surface area (Å²) in [7, 11) is 0. The van der Waals surface area contributed by atoms with Crippen LogP contribution in [0.1, 0.15) is 33.1 Å². The molecule has 0 spiro atoms. The summed E-state index contributed by atoms with van der Waals surface area (Å²) in [6, 6.07) is 0. The molecule has 1 amide bonds. The summed E-state index contributed by atoms with van der Waals surface area (Å²) < 4.78 is 0. The Kier molecular flexibility index (Phi) is 2.69. The number of hydrogen-bond donors (Lipinski definition) is 1. The molecule has 1 aliphatic heterocycles. The largest absolute Gasteiger partial charge is 0.352 e. The molecule has 0 aromatic carbocycles. The monoisotopic (exact) mass is 153 g/mol. The standard InChI is InChI=1S/C9H15NO/c1-7-5-3-4-6-10-9(11)8(7)2/h3-6H2,1-2H3,(H,10,11)/b8-7-. The number of allylic oxidation sites excluding steroid dienone is 1. The Balaban J connectivity index is 2.74. The van der Waals surface area contributed by atoms with Crippen molar-refractivity contribution >= 4 is 5.91 Å². The van der Waals surface area contributed by atoms with Gasteiger partial charge in [-0.05, 0) is 33.1 Å². The molecular formula is C9H15NO. The maximum Gasteiger partial charge on any atom is 0.246 e. The number of rotatable bonds is 0. The molecule has 0 radical (unpaired) electrons. The summed E-state index contributed by atoms with van der Waals surface area (Å²) >= 11 is 0. The molecule has 2 nitrogen and oxygen atoms in total. The second-order valence-electron chi connectivity index (χ2n) is 3.12. The maximum absolute atomic E-state index is 11.2. The lowest BCUT2D eigenvalue weighted by atomic mass is 10.0. The van der Waals surface area contributed by atoms with Crippen molar-refractivity contribution in [2.45, 2.75) is 33.1 Å². The zero-order valence-corrected chi connectivity index (χ0v) is 7.24. The summed E-state index contributed by atoms with van der Waals surface area (Å²) in [4.78, 5) is 11.2. The van der Waals surface area contributed by atoms with Crippen molar-refractivity contribution < 1.29 is 4.79 Å². The van der Waals surface area contributed by atoms with Crippen molar-refractivity contribution in [3.8, 4) is 0 Å². The molecule has 1 heterocycles. The van der Waals surface area contributed by atoms with E-state index in [0.717, 1.165) is 25.0 Å². The Morgan fingerprint density at radius 1 is 1.27 bits per heavy atom. The van der Waals surface area contributed by atoms with E-state index in [4.69, 9.17) is 0 Å². The molecule has 0 bridgehead atoms. The lowest BCUT2D eigenvalue weighted by Crippen LogP contribution is -2.27. The Morgan fingerprint density at radius 3 is 2.73 bits per heavy atom. The summed E-state index contributed by atoms with van der Waals surface area (Å²) in [6.07, 6.45) is 3.39. The molecular weight excluding hydrogens is 138 g/mol. The minimum Gasteiger partial charge on any atom is -0.352 e. The van der Waals surface area contributed by atoms with Gasteiger partial charge in [0, 0.05) is 12.1 Å². The van der Waals surface area contributed by atoms with Crippen LogP contribution in [0.5, 0.6) is 0 Å². The highest BCUT2D eigenvalue weighted by Gasteiger charge is 2.09. The maximum atomic E-state index is 11.2. The molecule has 0 unspecified atom stereocenters. The zero-order chi connectivity index (χ0) is 8.27. The fraction of sp³-hybridized carbons (Fsp3) is 0.667. The van der Waals surface area contributed by atoms with E-state index >= 15 is 0 Å². The van der Waals surface area contributed by atoms with Crippen LogP contribution in [-0.4, -0.2) is 12.5 Å². The number of carbonyl (C=O) groups excluding carboxylic acids is 1. The second kappa shape index (κ2) is 3.56. The smallest absolute Gasteiger partial charge is 0.246 e. The van der Waals surface area contributed by atoms with Gasteiger partial charge in [-0.15, -0.1) is 0 Å². The molecule has 1 rings (SSSR count). The molecule has 0 aromatic rings. The zero-order valence-electron chi connectivity index (χ0n) is 7.24. The van der Waals surface area contributed by atoms with Crippen molar-refractivity contribution in [3.63, 3.8) is 0 Å². The van der Waals surface area contributed by atoms with E-state index in [1.165, 1.54) is 12.0 Å². The Hall–Kier alpha value is -0.790. The number of nitrogens with one attached hydrogen (secondary N) is 1. The SMILES string of the molecule is C/C1=C(\C)C(=O)NCCCC1. The minimum atomic E-state index is 0.113. The normalized spacial score (nSPS) is 27.3. The van der Waals surface area contributed by atoms with Crippen molar-refractivity contribution in [1.82, 2.24) is 5.32 Å². The number of hydrogen-bond acceptors (Lipinski definition) is 1. The molecule has 1 aliphatic rings. The Labute approximate surface area is 67.7 Å². The quantitative estimate of drug-likeness (QED) is 0.563. The van der Waals surface area contributed by atoms with Crippen LogP contribution in [0.25, 0.3) is 0 Å². The lowest BCUT2D eigenvalue weighted by Gasteiger charge is -2.12. The average Bonchev–Trinajstić information content (AvgIpc) is 2.00. The highest BCUT2D eigenvalue weighted by atomic mass is 16.1. The first-order chi connectivity index (χ1) is 5.22. The Morgan fingerprint density at radius 2 is 2.00 bits per heavy atom. The summed E-state index contributed by atoms with van der Waals surface area (Å²) in [6.45, 7) is 4.78. The van der Waals surface area contributed by atoms with Gasteiger partial charge in [0.05, 0.1) is 0 Å². The van der Waals surface area contributed by atoms with Gasteiger partial charge < -0.3 is 5.32 Å². The molecule has 0 aliphatic carbocycles. The first kappa shape index (κ1) is 8.31. The van der Waals surface area contributed by atoms with Gasteiger partial charge >= 0.3 is 0 Å². The fourth-order valence-electron chi connectivity index (χ4n) is 1.23. The topological polar surface area (TPSA) is 29.1 Å². The molecule has 0 atom stereocenters. The summed E-state index contributed by atoms with van der Waals surface area (Å²) in [5.41, 5.74) is 2.15. The second-order valence-corrected chi connectivity index (χ2v) is 3.12.